The van der Waals surface area contributed by atoms with Gasteiger partial charge in [0.1, 0.15) is 11.8 Å². The Morgan fingerprint density at radius 2 is 2.09 bits per heavy atom. The first-order chi connectivity index (χ1) is 10.5. The van der Waals surface area contributed by atoms with Gasteiger partial charge in [0.25, 0.3) is 5.91 Å². The second kappa shape index (κ2) is 7.00. The quantitative estimate of drug-likeness (QED) is 0.887. The van der Waals surface area contributed by atoms with Gasteiger partial charge in [-0.1, -0.05) is 11.6 Å². The Hall–Kier alpha value is -2.47. The Bertz CT molecular complexity index is 670. The van der Waals surface area contributed by atoms with Crippen molar-refractivity contribution in [3.8, 4) is 5.75 Å². The van der Waals surface area contributed by atoms with Gasteiger partial charge in [-0.15, -0.1) is 0 Å². The van der Waals surface area contributed by atoms with Crippen LogP contribution in [0.1, 0.15) is 17.5 Å². The third-order valence-corrected chi connectivity index (χ3v) is 3.20. The molecule has 0 radical (unpaired) electrons. The molecule has 0 aliphatic heterocycles. The molecule has 0 fully saturated rings. The predicted molar refractivity (Wildman–Crippen MR) is 82.3 cm³/mol. The molecule has 0 saturated heterocycles. The number of carbonyl (C=O) groups excluding carboxylic acids is 2. The molecule has 0 aliphatic rings. The van der Waals surface area contributed by atoms with Crippen molar-refractivity contribution >= 4 is 29.1 Å². The molecule has 7 heteroatoms. The van der Waals surface area contributed by atoms with Crippen LogP contribution in [-0.2, 0) is 4.79 Å². The van der Waals surface area contributed by atoms with Gasteiger partial charge in [0.05, 0.1) is 18.4 Å². The topological polar surface area (TPSA) is 80.6 Å². The van der Waals surface area contributed by atoms with Gasteiger partial charge in [-0.3, -0.25) is 9.59 Å². The van der Waals surface area contributed by atoms with Crippen LogP contribution < -0.4 is 15.4 Å². The maximum absolute atomic E-state index is 12.1. The fourth-order valence-corrected chi connectivity index (χ4v) is 1.99. The molecule has 22 heavy (non-hydrogen) atoms. The van der Waals surface area contributed by atoms with Crippen LogP contribution >= 0.6 is 11.6 Å². The summed E-state index contributed by atoms with van der Waals surface area (Å²) < 4.78 is 9.99. The number of amides is 2. The summed E-state index contributed by atoms with van der Waals surface area (Å²) >= 11 is 5.99. The zero-order valence-corrected chi connectivity index (χ0v) is 12.8. The standard InChI is InChI=1S/C15H15ClN2O4/c1-9(17-15(20)13-4-3-7-22-13)14(19)18-10-5-6-12(21-2)11(16)8-10/h3-9H,1-2H3,(H,17,20)(H,18,19)/t9-/m0/s1. The third kappa shape index (κ3) is 3.79. The molecule has 2 amide bonds. The third-order valence-electron chi connectivity index (χ3n) is 2.91. The van der Waals surface area contributed by atoms with Gasteiger partial charge in [-0.25, -0.2) is 0 Å². The number of hydrogen-bond acceptors (Lipinski definition) is 4. The van der Waals surface area contributed by atoms with Crippen LogP contribution in [0.25, 0.3) is 0 Å². The van der Waals surface area contributed by atoms with Crippen LogP contribution in [-0.4, -0.2) is 25.0 Å². The lowest BCUT2D eigenvalue weighted by molar-refractivity contribution is -0.117. The number of nitrogens with one attached hydrogen (secondary N) is 2. The highest BCUT2D eigenvalue weighted by Crippen LogP contribution is 2.27. The molecule has 1 atom stereocenters. The number of carbonyl (C=O) groups is 2. The first kappa shape index (κ1) is 15.9. The minimum absolute atomic E-state index is 0.146. The number of hydrogen-bond donors (Lipinski definition) is 2. The van der Waals surface area contributed by atoms with Crippen LogP contribution in [0.15, 0.2) is 41.0 Å². The summed E-state index contributed by atoms with van der Waals surface area (Å²) in [4.78, 5) is 23.8. The molecule has 0 unspecified atom stereocenters. The van der Waals surface area contributed by atoms with Gasteiger partial charge in [0.15, 0.2) is 5.76 Å². The molecular formula is C15H15ClN2O4. The highest BCUT2D eigenvalue weighted by molar-refractivity contribution is 6.32. The summed E-state index contributed by atoms with van der Waals surface area (Å²) in [6.07, 6.45) is 1.39. The van der Waals surface area contributed by atoms with E-state index in [4.69, 9.17) is 20.8 Å². The number of methoxy groups -OCH3 is 1. The molecule has 1 aromatic carbocycles. The van der Waals surface area contributed by atoms with E-state index in [9.17, 15) is 9.59 Å². The Morgan fingerprint density at radius 3 is 2.68 bits per heavy atom. The second-order valence-corrected chi connectivity index (χ2v) is 4.92. The summed E-state index contributed by atoms with van der Waals surface area (Å²) in [7, 11) is 1.51. The van der Waals surface area contributed by atoms with Crippen molar-refractivity contribution in [2.45, 2.75) is 13.0 Å². The first-order valence-electron chi connectivity index (χ1n) is 6.50. The summed E-state index contributed by atoms with van der Waals surface area (Å²) in [6, 6.07) is 7.24. The molecule has 2 N–H and O–H groups in total. The molecule has 1 heterocycles. The first-order valence-corrected chi connectivity index (χ1v) is 6.88. The van der Waals surface area contributed by atoms with Crippen molar-refractivity contribution in [1.29, 1.82) is 0 Å². The summed E-state index contributed by atoms with van der Waals surface area (Å²) in [5, 5.41) is 5.58. The van der Waals surface area contributed by atoms with Crippen LogP contribution in [0.5, 0.6) is 5.75 Å². The highest BCUT2D eigenvalue weighted by Gasteiger charge is 2.18. The molecule has 0 aliphatic carbocycles. The van der Waals surface area contributed by atoms with E-state index in [0.717, 1.165) is 0 Å². The Labute approximate surface area is 132 Å². The molecule has 116 valence electrons. The van der Waals surface area contributed by atoms with Crippen molar-refractivity contribution in [2.75, 3.05) is 12.4 Å². The molecular weight excluding hydrogens is 308 g/mol. The predicted octanol–water partition coefficient (Wildman–Crippen LogP) is 2.70. The van der Waals surface area contributed by atoms with E-state index in [1.54, 1.807) is 31.2 Å². The lowest BCUT2D eigenvalue weighted by Crippen LogP contribution is -2.41. The zero-order valence-electron chi connectivity index (χ0n) is 12.1. The van der Waals surface area contributed by atoms with Gasteiger partial charge in [-0.2, -0.15) is 0 Å². The summed E-state index contributed by atoms with van der Waals surface area (Å²) in [5.41, 5.74) is 0.509. The molecule has 6 nitrogen and oxygen atoms in total. The average Bonchev–Trinajstić information content (AvgIpc) is 3.01. The smallest absolute Gasteiger partial charge is 0.287 e. The number of ether oxygens (including phenoxy) is 1. The number of benzene rings is 1. The van der Waals surface area contributed by atoms with Crippen LogP contribution in [0, 0.1) is 0 Å². The normalized spacial score (nSPS) is 11.6. The van der Waals surface area contributed by atoms with E-state index in [2.05, 4.69) is 10.6 Å². The van der Waals surface area contributed by atoms with Gasteiger partial charge < -0.3 is 19.8 Å². The minimum atomic E-state index is -0.738. The van der Waals surface area contributed by atoms with Gasteiger partial charge in [0.2, 0.25) is 5.91 Å². The number of anilines is 1. The summed E-state index contributed by atoms with van der Waals surface area (Å²) in [5.74, 6) is -0.174. The van der Waals surface area contributed by atoms with E-state index in [0.29, 0.717) is 16.5 Å². The second-order valence-electron chi connectivity index (χ2n) is 4.51. The van der Waals surface area contributed by atoms with Crippen molar-refractivity contribution in [3.63, 3.8) is 0 Å². The Balaban J connectivity index is 1.96. The maximum atomic E-state index is 12.1. The fourth-order valence-electron chi connectivity index (χ4n) is 1.74. The maximum Gasteiger partial charge on any atom is 0.287 e. The minimum Gasteiger partial charge on any atom is -0.495 e. The van der Waals surface area contributed by atoms with Gasteiger partial charge in [0, 0.05) is 5.69 Å². The van der Waals surface area contributed by atoms with Gasteiger partial charge >= 0.3 is 0 Å². The Morgan fingerprint density at radius 1 is 1.32 bits per heavy atom. The monoisotopic (exact) mass is 322 g/mol. The van der Waals surface area contributed by atoms with E-state index in [-0.39, 0.29) is 11.7 Å². The van der Waals surface area contributed by atoms with Crippen LogP contribution in [0.4, 0.5) is 5.69 Å². The van der Waals surface area contributed by atoms with Crippen molar-refractivity contribution in [3.05, 3.63) is 47.4 Å². The molecule has 0 bridgehead atoms. The Kier molecular flexibility index (Phi) is 5.06. The number of furan rings is 1. The largest absolute Gasteiger partial charge is 0.495 e. The zero-order chi connectivity index (χ0) is 16.1. The summed E-state index contributed by atoms with van der Waals surface area (Å²) in [6.45, 7) is 1.57. The van der Waals surface area contributed by atoms with Crippen molar-refractivity contribution in [1.82, 2.24) is 5.32 Å². The number of rotatable bonds is 5. The van der Waals surface area contributed by atoms with E-state index >= 15 is 0 Å². The molecule has 2 aromatic rings. The van der Waals surface area contributed by atoms with Gasteiger partial charge in [-0.05, 0) is 37.3 Å². The average molecular weight is 323 g/mol. The van der Waals surface area contributed by atoms with Crippen molar-refractivity contribution < 1.29 is 18.7 Å². The lowest BCUT2D eigenvalue weighted by atomic mass is 10.2. The van der Waals surface area contributed by atoms with Crippen LogP contribution in [0.2, 0.25) is 5.02 Å². The van der Waals surface area contributed by atoms with Crippen LogP contribution in [0.3, 0.4) is 0 Å². The SMILES string of the molecule is COc1ccc(NC(=O)[C@H](C)NC(=O)c2ccco2)cc1Cl. The van der Waals surface area contributed by atoms with E-state index < -0.39 is 11.9 Å². The molecule has 2 rings (SSSR count). The molecule has 0 spiro atoms. The fraction of sp³-hybridized carbons (Fsp3) is 0.200. The molecule has 0 saturated carbocycles. The lowest BCUT2D eigenvalue weighted by Gasteiger charge is -2.14. The number of halogens is 1. The highest BCUT2D eigenvalue weighted by atomic mass is 35.5. The molecule has 1 aromatic heterocycles. The van der Waals surface area contributed by atoms with E-state index in [1.807, 2.05) is 0 Å². The van der Waals surface area contributed by atoms with Crippen molar-refractivity contribution in [2.24, 2.45) is 0 Å². The van der Waals surface area contributed by atoms with E-state index in [1.165, 1.54) is 19.4 Å².